The van der Waals surface area contributed by atoms with Crippen LogP contribution in [-0.2, 0) is 0 Å². The van der Waals surface area contributed by atoms with Gasteiger partial charge in [0.05, 0.1) is 6.17 Å². The van der Waals surface area contributed by atoms with Crippen molar-refractivity contribution in [1.82, 2.24) is 10.9 Å². The van der Waals surface area contributed by atoms with Crippen LogP contribution in [0, 0.1) is 0 Å². The lowest BCUT2D eigenvalue weighted by atomic mass is 9.98. The van der Waals surface area contributed by atoms with Crippen molar-refractivity contribution in [3.8, 4) is 0 Å². The monoisotopic (exact) mass is 167 g/mol. The van der Waals surface area contributed by atoms with Gasteiger partial charge in [0.2, 0.25) is 0 Å². The van der Waals surface area contributed by atoms with E-state index in [9.17, 15) is 0 Å². The Kier molecular flexibility index (Phi) is 3.47. The smallest absolute Gasteiger partial charge is 0.0900 e. The highest BCUT2D eigenvalue weighted by Gasteiger charge is 2.09. The lowest BCUT2D eigenvalue weighted by Gasteiger charge is -2.19. The molecule has 0 aromatic heterocycles. The average Bonchev–Trinajstić information content (AvgIpc) is 2.06. The lowest BCUT2D eigenvalue weighted by Crippen LogP contribution is -2.45. The molecule has 68 valence electrons. The Morgan fingerprint density at radius 1 is 1.42 bits per heavy atom. The Bertz CT molecular complexity index is 206. The molecule has 3 heteroatoms. The van der Waals surface area contributed by atoms with Gasteiger partial charge < -0.3 is 5.73 Å². The molecule has 0 saturated carbocycles. The van der Waals surface area contributed by atoms with Crippen LogP contribution < -0.4 is 16.6 Å². The van der Waals surface area contributed by atoms with Gasteiger partial charge in [0, 0.05) is 0 Å². The van der Waals surface area contributed by atoms with E-state index in [1.54, 1.807) is 0 Å². The Balaban J connectivity index is 2.52. The van der Waals surface area contributed by atoms with Crippen LogP contribution in [0.2, 0.25) is 0 Å². The lowest BCUT2D eigenvalue weighted by molar-refractivity contribution is 0.505. The summed E-state index contributed by atoms with van der Waals surface area (Å²) in [7, 11) is 1.82. The zero-order valence-electron chi connectivity index (χ0n) is 7.72. The maximum Gasteiger partial charge on any atom is 0.0900 e. The number of hydrazine groups is 1. The van der Waals surface area contributed by atoms with Crippen LogP contribution in [-0.4, -0.2) is 13.2 Å². The molecule has 0 spiro atoms. The average molecular weight is 167 g/mol. The van der Waals surface area contributed by atoms with Gasteiger partial charge in [-0.05, 0) is 32.4 Å². The van der Waals surface area contributed by atoms with E-state index in [4.69, 9.17) is 5.73 Å². The number of hydrogen-bond acceptors (Lipinski definition) is 3. The van der Waals surface area contributed by atoms with Crippen molar-refractivity contribution in [2.75, 3.05) is 7.05 Å². The molecule has 0 aromatic rings. The van der Waals surface area contributed by atoms with E-state index in [1.165, 1.54) is 11.1 Å². The fourth-order valence-electron chi connectivity index (χ4n) is 1.26. The summed E-state index contributed by atoms with van der Waals surface area (Å²) in [5.74, 6) is 0. The van der Waals surface area contributed by atoms with Crippen molar-refractivity contribution < 1.29 is 0 Å². The number of hydrogen-bond donors (Lipinski definition) is 3. The molecule has 1 unspecified atom stereocenters. The highest BCUT2D eigenvalue weighted by molar-refractivity contribution is 5.25. The summed E-state index contributed by atoms with van der Waals surface area (Å²) < 4.78 is 0. The summed E-state index contributed by atoms with van der Waals surface area (Å²) in [6, 6.07) is 0. The highest BCUT2D eigenvalue weighted by atomic mass is 15.4. The van der Waals surface area contributed by atoms with Crippen LogP contribution in [0.1, 0.15) is 19.8 Å². The van der Waals surface area contributed by atoms with Gasteiger partial charge >= 0.3 is 0 Å². The second kappa shape index (κ2) is 4.40. The zero-order valence-corrected chi connectivity index (χ0v) is 7.72. The first-order valence-electron chi connectivity index (χ1n) is 4.28. The van der Waals surface area contributed by atoms with Gasteiger partial charge in [-0.2, -0.15) is 0 Å². The molecule has 0 heterocycles. The van der Waals surface area contributed by atoms with Gasteiger partial charge in [-0.1, -0.05) is 17.7 Å². The van der Waals surface area contributed by atoms with E-state index in [0.29, 0.717) is 0 Å². The topological polar surface area (TPSA) is 50.1 Å². The molecule has 0 bridgehead atoms. The Morgan fingerprint density at radius 3 is 2.67 bits per heavy atom. The summed E-state index contributed by atoms with van der Waals surface area (Å²) in [4.78, 5) is 0. The van der Waals surface area contributed by atoms with Crippen LogP contribution in [0.25, 0.3) is 0 Å². The van der Waals surface area contributed by atoms with Crippen LogP contribution in [0.4, 0.5) is 0 Å². The standard InChI is InChI=1S/C9H17N3/c1-7-3-5-8(6-4-7)9(10)12-11-2/h3,5,9,11-12H,4,6,10H2,1-2H3. The van der Waals surface area contributed by atoms with E-state index in [2.05, 4.69) is 29.9 Å². The SMILES string of the molecule is CNNC(N)C1=CC=C(C)CC1. The molecular formula is C9H17N3. The maximum atomic E-state index is 5.83. The third kappa shape index (κ3) is 2.44. The number of nitrogens with one attached hydrogen (secondary N) is 2. The molecular weight excluding hydrogens is 150 g/mol. The molecule has 1 atom stereocenters. The van der Waals surface area contributed by atoms with Gasteiger partial charge in [-0.3, -0.25) is 5.43 Å². The summed E-state index contributed by atoms with van der Waals surface area (Å²) in [6.45, 7) is 2.14. The van der Waals surface area contributed by atoms with E-state index in [0.717, 1.165) is 12.8 Å². The predicted octanol–water partition coefficient (Wildman–Crippen LogP) is 0.662. The minimum atomic E-state index is -0.0562. The number of nitrogens with two attached hydrogens (primary N) is 1. The maximum absolute atomic E-state index is 5.83. The van der Waals surface area contributed by atoms with Crippen molar-refractivity contribution in [2.24, 2.45) is 5.73 Å². The van der Waals surface area contributed by atoms with E-state index >= 15 is 0 Å². The van der Waals surface area contributed by atoms with Crippen molar-refractivity contribution in [3.63, 3.8) is 0 Å². The first-order valence-corrected chi connectivity index (χ1v) is 4.28. The fourth-order valence-corrected chi connectivity index (χ4v) is 1.26. The molecule has 0 radical (unpaired) electrons. The minimum Gasteiger partial charge on any atom is -0.311 e. The fraction of sp³-hybridized carbons (Fsp3) is 0.556. The third-order valence-electron chi connectivity index (χ3n) is 2.09. The first-order chi connectivity index (χ1) is 5.74. The van der Waals surface area contributed by atoms with E-state index < -0.39 is 0 Å². The van der Waals surface area contributed by atoms with Crippen LogP contribution in [0.5, 0.6) is 0 Å². The Morgan fingerprint density at radius 2 is 2.17 bits per heavy atom. The second-order valence-electron chi connectivity index (χ2n) is 3.13. The number of rotatable bonds is 3. The number of allylic oxidation sites excluding steroid dienone is 3. The van der Waals surface area contributed by atoms with Gasteiger partial charge in [0.25, 0.3) is 0 Å². The normalized spacial score (nSPS) is 19.9. The predicted molar refractivity (Wildman–Crippen MR) is 51.2 cm³/mol. The van der Waals surface area contributed by atoms with E-state index in [-0.39, 0.29) is 6.17 Å². The molecule has 1 rings (SSSR count). The van der Waals surface area contributed by atoms with Crippen molar-refractivity contribution >= 4 is 0 Å². The van der Waals surface area contributed by atoms with Crippen molar-refractivity contribution in [1.29, 1.82) is 0 Å². The third-order valence-corrected chi connectivity index (χ3v) is 2.09. The van der Waals surface area contributed by atoms with Crippen molar-refractivity contribution in [2.45, 2.75) is 25.9 Å². The molecule has 0 fully saturated rings. The van der Waals surface area contributed by atoms with Gasteiger partial charge in [0.15, 0.2) is 0 Å². The van der Waals surface area contributed by atoms with Crippen LogP contribution in [0.3, 0.4) is 0 Å². The Hall–Kier alpha value is -0.640. The van der Waals surface area contributed by atoms with Gasteiger partial charge in [-0.15, -0.1) is 0 Å². The molecule has 0 aromatic carbocycles. The zero-order chi connectivity index (χ0) is 8.97. The molecule has 1 aliphatic carbocycles. The van der Waals surface area contributed by atoms with Gasteiger partial charge in [-0.25, -0.2) is 5.43 Å². The molecule has 4 N–H and O–H groups in total. The van der Waals surface area contributed by atoms with Gasteiger partial charge in [0.1, 0.15) is 0 Å². The highest BCUT2D eigenvalue weighted by Crippen LogP contribution is 2.18. The molecule has 3 nitrogen and oxygen atoms in total. The van der Waals surface area contributed by atoms with Crippen molar-refractivity contribution in [3.05, 3.63) is 23.3 Å². The molecule has 1 aliphatic rings. The summed E-state index contributed by atoms with van der Waals surface area (Å²) >= 11 is 0. The molecule has 0 saturated heterocycles. The van der Waals surface area contributed by atoms with Crippen LogP contribution in [0.15, 0.2) is 23.3 Å². The minimum absolute atomic E-state index is 0.0562. The summed E-state index contributed by atoms with van der Waals surface area (Å²) in [5.41, 5.74) is 14.3. The van der Waals surface area contributed by atoms with Crippen LogP contribution >= 0.6 is 0 Å². The largest absolute Gasteiger partial charge is 0.311 e. The quantitative estimate of drug-likeness (QED) is 0.427. The molecule has 12 heavy (non-hydrogen) atoms. The Labute approximate surface area is 73.7 Å². The summed E-state index contributed by atoms with van der Waals surface area (Å²) in [5, 5.41) is 0. The molecule has 0 amide bonds. The second-order valence-corrected chi connectivity index (χ2v) is 3.13. The summed E-state index contributed by atoms with van der Waals surface area (Å²) in [6.07, 6.45) is 6.38. The van der Waals surface area contributed by atoms with E-state index in [1.807, 2.05) is 7.05 Å². The first kappa shape index (κ1) is 9.45. The molecule has 0 aliphatic heterocycles.